The fraction of sp³-hybridized carbons (Fsp3) is 0.273. The van der Waals surface area contributed by atoms with Crippen molar-refractivity contribution in [1.29, 1.82) is 0 Å². The summed E-state index contributed by atoms with van der Waals surface area (Å²) in [5, 5.41) is 7.17. The molecular formula is C11H12BrFN4. The number of nitrogens with zero attached hydrogens (tertiary/aromatic N) is 3. The van der Waals surface area contributed by atoms with Gasteiger partial charge < -0.3 is 5.32 Å². The molecule has 17 heavy (non-hydrogen) atoms. The van der Waals surface area contributed by atoms with Crippen LogP contribution < -0.4 is 5.32 Å². The van der Waals surface area contributed by atoms with Gasteiger partial charge in [0.15, 0.2) is 0 Å². The van der Waals surface area contributed by atoms with Crippen LogP contribution >= 0.6 is 15.9 Å². The second-order valence-electron chi connectivity index (χ2n) is 3.60. The standard InChI is InChI=1S/C11H12BrFN4/c1-14-5-11-15-7-16-17(11)6-8-2-3-9(13)4-10(8)12/h2-4,7,14H,5-6H2,1H3. The van der Waals surface area contributed by atoms with Crippen LogP contribution in [0.25, 0.3) is 0 Å². The van der Waals surface area contributed by atoms with E-state index >= 15 is 0 Å². The maximum Gasteiger partial charge on any atom is 0.141 e. The van der Waals surface area contributed by atoms with Gasteiger partial charge in [-0.3, -0.25) is 0 Å². The summed E-state index contributed by atoms with van der Waals surface area (Å²) in [7, 11) is 1.85. The Balaban J connectivity index is 2.22. The molecule has 0 aliphatic rings. The van der Waals surface area contributed by atoms with Crippen molar-refractivity contribution in [3.8, 4) is 0 Å². The Morgan fingerprint density at radius 3 is 3.00 bits per heavy atom. The zero-order valence-corrected chi connectivity index (χ0v) is 10.9. The van der Waals surface area contributed by atoms with E-state index in [4.69, 9.17) is 0 Å². The predicted molar refractivity (Wildman–Crippen MR) is 66.0 cm³/mol. The first-order valence-electron chi connectivity index (χ1n) is 5.16. The van der Waals surface area contributed by atoms with Gasteiger partial charge in [-0.2, -0.15) is 5.10 Å². The van der Waals surface area contributed by atoms with E-state index in [0.717, 1.165) is 15.9 Å². The third kappa shape index (κ3) is 2.89. The molecule has 1 aromatic heterocycles. The number of nitrogens with one attached hydrogen (secondary N) is 1. The van der Waals surface area contributed by atoms with E-state index in [1.54, 1.807) is 10.7 Å². The SMILES string of the molecule is CNCc1ncnn1Cc1ccc(F)cc1Br. The summed E-state index contributed by atoms with van der Waals surface area (Å²) in [4.78, 5) is 4.15. The molecule has 0 aliphatic heterocycles. The predicted octanol–water partition coefficient (Wildman–Crippen LogP) is 1.95. The van der Waals surface area contributed by atoms with Crippen molar-refractivity contribution in [2.45, 2.75) is 13.1 Å². The van der Waals surface area contributed by atoms with Crippen LogP contribution in [0.2, 0.25) is 0 Å². The van der Waals surface area contributed by atoms with Gasteiger partial charge in [0, 0.05) is 4.47 Å². The van der Waals surface area contributed by atoms with Crippen molar-refractivity contribution >= 4 is 15.9 Å². The zero-order chi connectivity index (χ0) is 12.3. The Bertz CT molecular complexity index is 512. The van der Waals surface area contributed by atoms with E-state index in [1.165, 1.54) is 18.5 Å². The molecule has 6 heteroatoms. The van der Waals surface area contributed by atoms with Crippen molar-refractivity contribution in [3.63, 3.8) is 0 Å². The van der Waals surface area contributed by atoms with Crippen LogP contribution in [0.4, 0.5) is 4.39 Å². The Morgan fingerprint density at radius 2 is 2.29 bits per heavy atom. The summed E-state index contributed by atoms with van der Waals surface area (Å²) in [6.07, 6.45) is 1.52. The summed E-state index contributed by atoms with van der Waals surface area (Å²) in [5.74, 6) is 0.596. The summed E-state index contributed by atoms with van der Waals surface area (Å²) in [6, 6.07) is 4.63. The number of hydrogen-bond donors (Lipinski definition) is 1. The van der Waals surface area contributed by atoms with Crippen LogP contribution in [-0.4, -0.2) is 21.8 Å². The lowest BCUT2D eigenvalue weighted by atomic mass is 10.2. The van der Waals surface area contributed by atoms with E-state index in [1.807, 2.05) is 7.05 Å². The van der Waals surface area contributed by atoms with Crippen molar-refractivity contribution in [1.82, 2.24) is 20.1 Å². The molecular weight excluding hydrogens is 287 g/mol. The van der Waals surface area contributed by atoms with E-state index < -0.39 is 0 Å². The van der Waals surface area contributed by atoms with E-state index in [2.05, 4.69) is 31.3 Å². The molecule has 90 valence electrons. The fourth-order valence-electron chi connectivity index (χ4n) is 1.53. The first kappa shape index (κ1) is 12.2. The number of benzene rings is 1. The smallest absolute Gasteiger partial charge is 0.141 e. The van der Waals surface area contributed by atoms with Crippen molar-refractivity contribution in [2.24, 2.45) is 0 Å². The molecule has 1 aromatic carbocycles. The molecule has 2 aromatic rings. The van der Waals surface area contributed by atoms with Gasteiger partial charge in [-0.1, -0.05) is 22.0 Å². The van der Waals surface area contributed by atoms with E-state index in [9.17, 15) is 4.39 Å². The average molecular weight is 299 g/mol. The van der Waals surface area contributed by atoms with Crippen LogP contribution in [0.5, 0.6) is 0 Å². The van der Waals surface area contributed by atoms with Gasteiger partial charge in [0.05, 0.1) is 13.1 Å². The summed E-state index contributed by atoms with van der Waals surface area (Å²) in [5.41, 5.74) is 0.967. The topological polar surface area (TPSA) is 42.7 Å². The van der Waals surface area contributed by atoms with Gasteiger partial charge in [-0.05, 0) is 24.7 Å². The van der Waals surface area contributed by atoms with Gasteiger partial charge in [-0.25, -0.2) is 14.1 Å². The van der Waals surface area contributed by atoms with Gasteiger partial charge in [0.1, 0.15) is 18.0 Å². The first-order valence-corrected chi connectivity index (χ1v) is 5.95. The lowest BCUT2D eigenvalue weighted by Crippen LogP contribution is -2.14. The van der Waals surface area contributed by atoms with Crippen LogP contribution in [-0.2, 0) is 13.1 Å². The van der Waals surface area contributed by atoms with Crippen LogP contribution in [0.15, 0.2) is 29.0 Å². The van der Waals surface area contributed by atoms with Crippen LogP contribution in [0, 0.1) is 5.82 Å². The minimum absolute atomic E-state index is 0.255. The minimum atomic E-state index is -0.255. The lowest BCUT2D eigenvalue weighted by Gasteiger charge is -2.07. The molecule has 1 heterocycles. The zero-order valence-electron chi connectivity index (χ0n) is 9.32. The Morgan fingerprint density at radius 1 is 1.47 bits per heavy atom. The fourth-order valence-corrected chi connectivity index (χ4v) is 2.00. The van der Waals surface area contributed by atoms with Gasteiger partial charge in [0.2, 0.25) is 0 Å². The van der Waals surface area contributed by atoms with Gasteiger partial charge in [-0.15, -0.1) is 0 Å². The van der Waals surface area contributed by atoms with E-state index in [0.29, 0.717) is 13.1 Å². The van der Waals surface area contributed by atoms with Gasteiger partial charge >= 0.3 is 0 Å². The molecule has 1 N–H and O–H groups in total. The highest BCUT2D eigenvalue weighted by Gasteiger charge is 2.07. The molecule has 0 bridgehead atoms. The molecule has 0 atom stereocenters. The third-order valence-corrected chi connectivity index (χ3v) is 3.10. The highest BCUT2D eigenvalue weighted by molar-refractivity contribution is 9.10. The molecule has 0 saturated heterocycles. The highest BCUT2D eigenvalue weighted by atomic mass is 79.9. The minimum Gasteiger partial charge on any atom is -0.313 e. The first-order chi connectivity index (χ1) is 8.20. The van der Waals surface area contributed by atoms with Crippen molar-refractivity contribution in [3.05, 3.63) is 46.2 Å². The van der Waals surface area contributed by atoms with Crippen LogP contribution in [0.1, 0.15) is 11.4 Å². The highest BCUT2D eigenvalue weighted by Crippen LogP contribution is 2.19. The van der Waals surface area contributed by atoms with Gasteiger partial charge in [0.25, 0.3) is 0 Å². The molecule has 2 rings (SSSR count). The normalized spacial score (nSPS) is 10.8. The Kier molecular flexibility index (Phi) is 3.86. The lowest BCUT2D eigenvalue weighted by molar-refractivity contribution is 0.605. The summed E-state index contributed by atoms with van der Waals surface area (Å²) >= 11 is 3.34. The van der Waals surface area contributed by atoms with Crippen molar-refractivity contribution in [2.75, 3.05) is 7.05 Å². The number of rotatable bonds is 4. The summed E-state index contributed by atoms with van der Waals surface area (Å²) in [6.45, 7) is 1.22. The molecule has 0 unspecified atom stereocenters. The number of hydrogen-bond acceptors (Lipinski definition) is 3. The largest absolute Gasteiger partial charge is 0.313 e. The summed E-state index contributed by atoms with van der Waals surface area (Å²) < 4.78 is 15.5. The molecule has 0 saturated carbocycles. The average Bonchev–Trinajstić information content (AvgIpc) is 2.71. The monoisotopic (exact) mass is 298 g/mol. The number of halogens is 2. The maximum absolute atomic E-state index is 13.0. The molecule has 0 amide bonds. The van der Waals surface area contributed by atoms with Crippen molar-refractivity contribution < 1.29 is 4.39 Å². The Labute approximate surface area is 107 Å². The van der Waals surface area contributed by atoms with E-state index in [-0.39, 0.29) is 5.82 Å². The molecule has 0 fully saturated rings. The maximum atomic E-state index is 13.0. The number of aromatic nitrogens is 3. The quantitative estimate of drug-likeness (QED) is 0.938. The second kappa shape index (κ2) is 5.37. The third-order valence-electron chi connectivity index (χ3n) is 2.37. The molecule has 0 radical (unpaired) electrons. The Hall–Kier alpha value is -1.27. The molecule has 4 nitrogen and oxygen atoms in total. The van der Waals surface area contributed by atoms with Crippen LogP contribution in [0.3, 0.4) is 0 Å². The molecule has 0 aliphatic carbocycles. The second-order valence-corrected chi connectivity index (χ2v) is 4.45. The molecule has 0 spiro atoms.